The average Bonchev–Trinajstić information content (AvgIpc) is 2.85. The Hall–Kier alpha value is -3.16. The molecule has 0 bridgehead atoms. The molecule has 3 heterocycles. The number of likely N-dealkylation sites (N-methyl/N-ethyl adjacent to an activating group) is 1. The Kier molecular flexibility index (Phi) is 4.62. The Morgan fingerprint density at radius 2 is 1.96 bits per heavy atom. The van der Waals surface area contributed by atoms with Crippen LogP contribution in [0.5, 0.6) is 0 Å². The van der Waals surface area contributed by atoms with E-state index in [4.69, 9.17) is 10.5 Å². The molecule has 2 amide bonds. The van der Waals surface area contributed by atoms with E-state index in [0.29, 0.717) is 43.1 Å². The summed E-state index contributed by atoms with van der Waals surface area (Å²) in [5.74, 6) is 0.342. The summed E-state index contributed by atoms with van der Waals surface area (Å²) in [6, 6.07) is 7.30. The van der Waals surface area contributed by atoms with Crippen molar-refractivity contribution in [3.63, 3.8) is 0 Å². The van der Waals surface area contributed by atoms with Gasteiger partial charge in [-0.3, -0.25) is 9.78 Å². The Morgan fingerprint density at radius 1 is 1.18 bits per heavy atom. The Bertz CT molecular complexity index is 901. The predicted molar refractivity (Wildman–Crippen MR) is 103 cm³/mol. The molecule has 28 heavy (non-hydrogen) atoms. The Labute approximate surface area is 163 Å². The largest absolute Gasteiger partial charge is 0.441 e. The molecule has 2 aliphatic rings. The first-order valence-corrected chi connectivity index (χ1v) is 9.37. The van der Waals surface area contributed by atoms with Gasteiger partial charge in [-0.2, -0.15) is 0 Å². The molecule has 1 spiro atoms. The molecule has 1 aromatic carbocycles. The number of hydrogen-bond donors (Lipinski definition) is 1. The lowest BCUT2D eigenvalue weighted by molar-refractivity contribution is 0.0438. The summed E-state index contributed by atoms with van der Waals surface area (Å²) >= 11 is 0. The monoisotopic (exact) mass is 381 g/mol. The molecular weight excluding hydrogens is 358 g/mol. The van der Waals surface area contributed by atoms with Crippen LogP contribution in [0.4, 0.5) is 10.6 Å². The van der Waals surface area contributed by atoms with E-state index in [0.717, 1.165) is 18.4 Å². The van der Waals surface area contributed by atoms with Crippen LogP contribution >= 0.6 is 0 Å². The van der Waals surface area contributed by atoms with Gasteiger partial charge in [0.15, 0.2) is 0 Å². The number of nitrogen functional groups attached to an aromatic ring is 1. The topological polar surface area (TPSA) is 102 Å². The molecule has 4 rings (SSSR count). The molecule has 8 nitrogen and oxygen atoms in total. The quantitative estimate of drug-likeness (QED) is 0.855. The summed E-state index contributed by atoms with van der Waals surface area (Å²) in [4.78, 5) is 36.5. The minimum atomic E-state index is -0.462. The molecule has 2 N–H and O–H groups in total. The number of nitrogens with zero attached hydrogens (tertiary/aromatic N) is 4. The van der Waals surface area contributed by atoms with E-state index >= 15 is 0 Å². The Balaban J connectivity index is 1.45. The lowest BCUT2D eigenvalue weighted by Crippen LogP contribution is -2.36. The maximum atomic E-state index is 12.9. The fraction of sp³-hybridized carbons (Fsp3) is 0.400. The molecule has 2 aliphatic heterocycles. The van der Waals surface area contributed by atoms with Crippen LogP contribution in [0, 0.1) is 0 Å². The first-order valence-electron chi connectivity index (χ1n) is 9.37. The summed E-state index contributed by atoms with van der Waals surface area (Å²) in [6.45, 7) is 1.82. The molecule has 0 radical (unpaired) electrons. The van der Waals surface area contributed by atoms with E-state index < -0.39 is 5.60 Å². The van der Waals surface area contributed by atoms with Crippen molar-refractivity contribution < 1.29 is 14.3 Å². The van der Waals surface area contributed by atoms with Gasteiger partial charge in [-0.25, -0.2) is 9.78 Å². The molecule has 1 atom stereocenters. The molecular formula is C20H23N5O3. The highest BCUT2D eigenvalue weighted by Gasteiger charge is 2.44. The van der Waals surface area contributed by atoms with E-state index in [1.807, 2.05) is 17.0 Å². The third-order valence-electron chi connectivity index (χ3n) is 5.41. The van der Waals surface area contributed by atoms with Gasteiger partial charge < -0.3 is 20.3 Å². The van der Waals surface area contributed by atoms with Crippen molar-refractivity contribution in [2.45, 2.75) is 24.9 Å². The lowest BCUT2D eigenvalue weighted by Gasteiger charge is -2.25. The van der Waals surface area contributed by atoms with Gasteiger partial charge in [0.25, 0.3) is 5.91 Å². The normalized spacial score (nSPS) is 22.2. The number of nitrogens with two attached hydrogens (primary N) is 1. The maximum Gasteiger partial charge on any atom is 0.410 e. The number of hydrogen-bond acceptors (Lipinski definition) is 6. The SMILES string of the molecule is CN1CC2(CCCN(C(=O)c3ccc(-c4cncc(N)n4)cc3)CC2)OC1=O. The van der Waals surface area contributed by atoms with Gasteiger partial charge in [-0.05, 0) is 25.0 Å². The molecule has 2 fully saturated rings. The van der Waals surface area contributed by atoms with Crippen molar-refractivity contribution in [1.29, 1.82) is 0 Å². The van der Waals surface area contributed by atoms with Gasteiger partial charge in [-0.15, -0.1) is 0 Å². The molecule has 8 heteroatoms. The second kappa shape index (κ2) is 7.10. The molecule has 146 valence electrons. The first-order chi connectivity index (χ1) is 13.5. The number of aromatic nitrogens is 2. The molecule has 0 aliphatic carbocycles. The number of benzene rings is 1. The molecule has 1 unspecified atom stereocenters. The average molecular weight is 381 g/mol. The fourth-order valence-electron chi connectivity index (χ4n) is 3.91. The van der Waals surface area contributed by atoms with Crippen LogP contribution in [0.25, 0.3) is 11.3 Å². The van der Waals surface area contributed by atoms with Crippen molar-refractivity contribution in [2.24, 2.45) is 0 Å². The van der Waals surface area contributed by atoms with Gasteiger partial charge in [0.05, 0.1) is 24.6 Å². The van der Waals surface area contributed by atoms with Gasteiger partial charge >= 0.3 is 6.09 Å². The highest BCUT2D eigenvalue weighted by molar-refractivity contribution is 5.94. The number of ether oxygens (including phenoxy) is 1. The molecule has 2 aromatic rings. The van der Waals surface area contributed by atoms with Crippen LogP contribution in [-0.4, -0.2) is 64.1 Å². The summed E-state index contributed by atoms with van der Waals surface area (Å²) in [7, 11) is 1.75. The zero-order valence-corrected chi connectivity index (χ0v) is 15.8. The summed E-state index contributed by atoms with van der Waals surface area (Å²) in [6.07, 6.45) is 5.10. The molecule has 0 saturated carbocycles. The van der Waals surface area contributed by atoms with E-state index in [1.54, 1.807) is 30.3 Å². The maximum absolute atomic E-state index is 12.9. The summed E-state index contributed by atoms with van der Waals surface area (Å²) in [5, 5.41) is 0. The highest BCUT2D eigenvalue weighted by Crippen LogP contribution is 2.33. The van der Waals surface area contributed by atoms with Crippen LogP contribution in [-0.2, 0) is 4.74 Å². The third kappa shape index (κ3) is 3.49. The van der Waals surface area contributed by atoms with Gasteiger partial charge in [0, 0.05) is 37.7 Å². The van der Waals surface area contributed by atoms with Crippen LogP contribution in [0.2, 0.25) is 0 Å². The number of anilines is 1. The number of amides is 2. The summed E-state index contributed by atoms with van der Waals surface area (Å²) < 4.78 is 5.62. The zero-order valence-electron chi connectivity index (χ0n) is 15.8. The van der Waals surface area contributed by atoms with E-state index in [-0.39, 0.29) is 12.0 Å². The van der Waals surface area contributed by atoms with Crippen molar-refractivity contribution in [3.8, 4) is 11.3 Å². The van der Waals surface area contributed by atoms with E-state index in [1.165, 1.54) is 6.20 Å². The lowest BCUT2D eigenvalue weighted by atomic mass is 9.95. The number of rotatable bonds is 2. The zero-order chi connectivity index (χ0) is 19.7. The van der Waals surface area contributed by atoms with Gasteiger partial charge in [0.2, 0.25) is 0 Å². The van der Waals surface area contributed by atoms with Crippen molar-refractivity contribution in [3.05, 3.63) is 42.2 Å². The minimum Gasteiger partial charge on any atom is -0.441 e. The van der Waals surface area contributed by atoms with Crippen LogP contribution < -0.4 is 5.73 Å². The molecule has 2 saturated heterocycles. The minimum absolute atomic E-state index is 0.0139. The van der Waals surface area contributed by atoms with Crippen molar-refractivity contribution in [2.75, 3.05) is 32.4 Å². The highest BCUT2D eigenvalue weighted by atomic mass is 16.6. The van der Waals surface area contributed by atoms with Crippen LogP contribution in [0.15, 0.2) is 36.7 Å². The number of likely N-dealkylation sites (tertiary alicyclic amines) is 1. The first kappa shape index (κ1) is 18.2. The van der Waals surface area contributed by atoms with Crippen LogP contribution in [0.3, 0.4) is 0 Å². The Morgan fingerprint density at radius 3 is 2.64 bits per heavy atom. The van der Waals surface area contributed by atoms with Gasteiger partial charge in [-0.1, -0.05) is 12.1 Å². The smallest absolute Gasteiger partial charge is 0.410 e. The summed E-state index contributed by atoms with van der Waals surface area (Å²) in [5.41, 5.74) is 7.37. The van der Waals surface area contributed by atoms with Crippen molar-refractivity contribution >= 4 is 17.8 Å². The second-order valence-electron chi connectivity index (χ2n) is 7.46. The number of carbonyl (C=O) groups excluding carboxylic acids is 2. The fourth-order valence-corrected chi connectivity index (χ4v) is 3.91. The van der Waals surface area contributed by atoms with Gasteiger partial charge in [0.1, 0.15) is 11.4 Å². The van der Waals surface area contributed by atoms with E-state index in [9.17, 15) is 9.59 Å². The van der Waals surface area contributed by atoms with E-state index in [2.05, 4.69) is 9.97 Å². The van der Waals surface area contributed by atoms with Crippen molar-refractivity contribution in [1.82, 2.24) is 19.8 Å². The number of carbonyl (C=O) groups is 2. The molecule has 1 aromatic heterocycles. The third-order valence-corrected chi connectivity index (χ3v) is 5.41. The standard InChI is InChI=1S/C20H23N5O3/c1-24-13-20(28-19(24)27)7-2-9-25(10-8-20)18(26)15-5-3-14(4-6-15)16-11-22-12-17(21)23-16/h3-6,11-12H,2,7-10,13H2,1H3,(H2,21,23). The van der Waals surface area contributed by atoms with Crippen LogP contribution in [0.1, 0.15) is 29.6 Å². The predicted octanol–water partition coefficient (Wildman–Crippen LogP) is 2.17. The second-order valence-corrected chi connectivity index (χ2v) is 7.46.